The van der Waals surface area contributed by atoms with E-state index in [1.54, 1.807) is 6.92 Å². The van der Waals surface area contributed by atoms with Crippen LogP contribution in [-0.2, 0) is 6.73 Å². The molecule has 0 radical (unpaired) electrons. The van der Waals surface area contributed by atoms with Gasteiger partial charge in [-0.2, -0.15) is 5.10 Å². The zero-order valence-corrected chi connectivity index (χ0v) is 4.57. The first kappa shape index (κ1) is 5.24. The largest absolute Gasteiger partial charge is 0.374 e. The maximum absolute atomic E-state index is 8.47. The zero-order valence-electron chi connectivity index (χ0n) is 4.57. The molecule has 4 heteroatoms. The fourth-order valence-electron chi connectivity index (χ4n) is 0.461. The molecular weight excluding hydrogens is 106 g/mol. The maximum atomic E-state index is 8.47. The predicted octanol–water partition coefficient (Wildman–Crippen LogP) is -0.464. The lowest BCUT2D eigenvalue weighted by Crippen LogP contribution is -2.00. The fraction of sp³-hybridized carbons (Fsp3) is 0.500. The third-order valence-corrected chi connectivity index (χ3v) is 0.943. The Balaban J connectivity index is 2.92. The van der Waals surface area contributed by atoms with E-state index >= 15 is 0 Å². The lowest BCUT2D eigenvalue weighted by molar-refractivity contribution is 0.192. The summed E-state index contributed by atoms with van der Waals surface area (Å²) in [5.41, 5.74) is 0. The molecule has 44 valence electrons. The topological polar surface area (TPSA) is 50.9 Å². The Morgan fingerprint density at radius 2 is 2.62 bits per heavy atom. The van der Waals surface area contributed by atoms with E-state index in [1.807, 2.05) is 0 Å². The van der Waals surface area contributed by atoms with Crippen molar-refractivity contribution in [3.63, 3.8) is 0 Å². The molecule has 0 aliphatic heterocycles. The Morgan fingerprint density at radius 3 is 2.88 bits per heavy atom. The molecule has 0 fully saturated rings. The highest BCUT2D eigenvalue weighted by molar-refractivity contribution is 4.75. The van der Waals surface area contributed by atoms with Gasteiger partial charge in [0.05, 0.1) is 0 Å². The van der Waals surface area contributed by atoms with Gasteiger partial charge in [-0.1, -0.05) is 0 Å². The van der Waals surface area contributed by atoms with E-state index in [-0.39, 0.29) is 6.73 Å². The summed E-state index contributed by atoms with van der Waals surface area (Å²) in [5.74, 6) is 0.729. The molecule has 0 atom stereocenters. The van der Waals surface area contributed by atoms with Crippen LogP contribution in [0, 0.1) is 6.92 Å². The number of hydrogen-bond acceptors (Lipinski definition) is 3. The number of rotatable bonds is 1. The van der Waals surface area contributed by atoms with Crippen molar-refractivity contribution in [1.82, 2.24) is 14.8 Å². The lowest BCUT2D eigenvalue weighted by atomic mass is 10.7. The van der Waals surface area contributed by atoms with Crippen LogP contribution in [0.1, 0.15) is 5.82 Å². The van der Waals surface area contributed by atoms with Crippen LogP contribution < -0.4 is 0 Å². The van der Waals surface area contributed by atoms with Crippen molar-refractivity contribution in [1.29, 1.82) is 0 Å². The number of aliphatic hydroxyl groups is 1. The summed E-state index contributed by atoms with van der Waals surface area (Å²) in [6.07, 6.45) is 1.41. The molecule has 0 amide bonds. The van der Waals surface area contributed by atoms with E-state index in [4.69, 9.17) is 5.11 Å². The Labute approximate surface area is 46.8 Å². The van der Waals surface area contributed by atoms with Crippen LogP contribution in [0.5, 0.6) is 0 Å². The van der Waals surface area contributed by atoms with Gasteiger partial charge in [0.1, 0.15) is 18.9 Å². The van der Waals surface area contributed by atoms with Crippen molar-refractivity contribution in [3.05, 3.63) is 12.2 Å². The van der Waals surface area contributed by atoms with Crippen LogP contribution in [-0.4, -0.2) is 19.9 Å². The Hall–Kier alpha value is -0.900. The number of aromatic nitrogens is 3. The van der Waals surface area contributed by atoms with Gasteiger partial charge in [0.15, 0.2) is 0 Å². The van der Waals surface area contributed by atoms with Crippen LogP contribution >= 0.6 is 0 Å². The van der Waals surface area contributed by atoms with Crippen LogP contribution in [0.2, 0.25) is 0 Å². The Kier molecular flexibility index (Phi) is 1.26. The molecular formula is C4H7N3O. The molecule has 1 heterocycles. The summed E-state index contributed by atoms with van der Waals surface area (Å²) in [6.45, 7) is 1.69. The molecule has 0 spiro atoms. The van der Waals surface area contributed by atoms with Gasteiger partial charge in [0.25, 0.3) is 0 Å². The lowest BCUT2D eigenvalue weighted by Gasteiger charge is -1.91. The molecule has 1 N–H and O–H groups in total. The molecule has 0 aromatic carbocycles. The second-order valence-electron chi connectivity index (χ2n) is 1.45. The van der Waals surface area contributed by atoms with Crippen LogP contribution in [0.15, 0.2) is 6.33 Å². The van der Waals surface area contributed by atoms with Crippen LogP contribution in [0.25, 0.3) is 0 Å². The van der Waals surface area contributed by atoms with Crippen molar-refractivity contribution in [2.75, 3.05) is 0 Å². The summed E-state index contributed by atoms with van der Waals surface area (Å²) in [7, 11) is 0. The third-order valence-electron chi connectivity index (χ3n) is 0.943. The van der Waals surface area contributed by atoms with Gasteiger partial charge >= 0.3 is 0 Å². The summed E-state index contributed by atoms with van der Waals surface area (Å²) < 4.78 is 1.40. The monoisotopic (exact) mass is 113 g/mol. The smallest absolute Gasteiger partial charge is 0.138 e. The summed E-state index contributed by atoms with van der Waals surface area (Å²) >= 11 is 0. The second kappa shape index (κ2) is 1.92. The molecule has 4 nitrogen and oxygen atoms in total. The van der Waals surface area contributed by atoms with Crippen LogP contribution in [0.4, 0.5) is 0 Å². The fourth-order valence-corrected chi connectivity index (χ4v) is 0.461. The summed E-state index contributed by atoms with van der Waals surface area (Å²) in [6, 6.07) is 0. The molecule has 0 bridgehead atoms. The van der Waals surface area contributed by atoms with Gasteiger partial charge in [-0.15, -0.1) is 0 Å². The minimum Gasteiger partial charge on any atom is -0.374 e. The van der Waals surface area contributed by atoms with Gasteiger partial charge in [-0.25, -0.2) is 9.67 Å². The van der Waals surface area contributed by atoms with Gasteiger partial charge in [-0.05, 0) is 6.92 Å². The molecule has 0 saturated carbocycles. The number of nitrogens with zero attached hydrogens (tertiary/aromatic N) is 3. The van der Waals surface area contributed by atoms with Gasteiger partial charge in [0.2, 0.25) is 0 Å². The quantitative estimate of drug-likeness (QED) is 0.536. The van der Waals surface area contributed by atoms with Crippen LogP contribution in [0.3, 0.4) is 0 Å². The van der Waals surface area contributed by atoms with Crippen molar-refractivity contribution in [3.8, 4) is 0 Å². The number of aliphatic hydroxyl groups excluding tert-OH is 1. The minimum absolute atomic E-state index is 0.0914. The first-order chi connectivity index (χ1) is 3.84. The SMILES string of the molecule is Cc1ncnn1CO. The highest BCUT2D eigenvalue weighted by Gasteiger charge is 1.91. The van der Waals surface area contributed by atoms with Gasteiger partial charge in [-0.3, -0.25) is 0 Å². The molecule has 8 heavy (non-hydrogen) atoms. The zero-order chi connectivity index (χ0) is 5.98. The van der Waals surface area contributed by atoms with E-state index < -0.39 is 0 Å². The second-order valence-corrected chi connectivity index (χ2v) is 1.45. The van der Waals surface area contributed by atoms with E-state index in [0.717, 1.165) is 5.82 Å². The number of aryl methyl sites for hydroxylation is 1. The standard InChI is InChI=1S/C4H7N3O/c1-4-5-2-6-7(4)3-8/h2,8H,3H2,1H3. The van der Waals surface area contributed by atoms with E-state index in [2.05, 4.69) is 10.1 Å². The average molecular weight is 113 g/mol. The molecule has 0 saturated heterocycles. The van der Waals surface area contributed by atoms with E-state index in [0.29, 0.717) is 0 Å². The minimum atomic E-state index is -0.0914. The molecule has 0 aliphatic rings. The molecule has 1 aromatic heterocycles. The average Bonchev–Trinajstić information content (AvgIpc) is 2.14. The Morgan fingerprint density at radius 1 is 1.88 bits per heavy atom. The normalized spacial score (nSPS) is 9.75. The highest BCUT2D eigenvalue weighted by Crippen LogP contribution is 1.85. The highest BCUT2D eigenvalue weighted by atomic mass is 16.3. The van der Waals surface area contributed by atoms with Crippen molar-refractivity contribution >= 4 is 0 Å². The van der Waals surface area contributed by atoms with Gasteiger partial charge < -0.3 is 5.11 Å². The molecule has 0 aliphatic carbocycles. The van der Waals surface area contributed by atoms with Gasteiger partial charge in [0, 0.05) is 0 Å². The van der Waals surface area contributed by atoms with Crippen molar-refractivity contribution < 1.29 is 5.11 Å². The van der Waals surface area contributed by atoms with Crippen molar-refractivity contribution in [2.24, 2.45) is 0 Å². The van der Waals surface area contributed by atoms with Crippen molar-refractivity contribution in [2.45, 2.75) is 13.7 Å². The summed E-state index contributed by atoms with van der Waals surface area (Å²) in [5, 5.41) is 12.2. The first-order valence-electron chi connectivity index (χ1n) is 2.30. The first-order valence-corrected chi connectivity index (χ1v) is 2.30. The maximum Gasteiger partial charge on any atom is 0.138 e. The number of hydrogen-bond donors (Lipinski definition) is 1. The molecule has 1 aromatic rings. The Bertz CT molecular complexity index is 172. The van der Waals surface area contributed by atoms with E-state index in [1.165, 1.54) is 11.0 Å². The molecule has 0 unspecified atom stereocenters. The summed E-state index contributed by atoms with van der Waals surface area (Å²) in [4.78, 5) is 3.78. The molecule has 1 rings (SSSR count). The van der Waals surface area contributed by atoms with E-state index in [9.17, 15) is 0 Å². The third kappa shape index (κ3) is 0.696. The predicted molar refractivity (Wildman–Crippen MR) is 27.0 cm³/mol.